The highest BCUT2D eigenvalue weighted by molar-refractivity contribution is 5.80. The van der Waals surface area contributed by atoms with Gasteiger partial charge in [-0.05, 0) is 24.8 Å². The number of benzene rings is 1. The van der Waals surface area contributed by atoms with Crippen molar-refractivity contribution < 1.29 is 0 Å². The van der Waals surface area contributed by atoms with Crippen molar-refractivity contribution in [2.24, 2.45) is 4.99 Å². The molecule has 1 aromatic heterocycles. The van der Waals surface area contributed by atoms with Gasteiger partial charge in [0.2, 0.25) is 0 Å². The van der Waals surface area contributed by atoms with Crippen molar-refractivity contribution in [2.75, 3.05) is 20.1 Å². The van der Waals surface area contributed by atoms with Crippen LogP contribution in [0.4, 0.5) is 0 Å². The molecule has 27 heavy (non-hydrogen) atoms. The molecule has 2 aromatic rings. The first-order valence-corrected chi connectivity index (χ1v) is 10.1. The van der Waals surface area contributed by atoms with Crippen LogP contribution in [0.1, 0.15) is 37.9 Å². The Morgan fingerprint density at radius 1 is 1.22 bits per heavy atom. The maximum atomic E-state index is 4.49. The average molecular weight is 367 g/mol. The number of H-pyrrole nitrogens is 1. The number of nitrogens with zero attached hydrogens (tertiary/aromatic N) is 3. The summed E-state index contributed by atoms with van der Waals surface area (Å²) in [4.78, 5) is 14.9. The van der Waals surface area contributed by atoms with Gasteiger partial charge in [-0.3, -0.25) is 9.89 Å². The van der Waals surface area contributed by atoms with E-state index in [1.807, 2.05) is 31.4 Å². The first kappa shape index (κ1) is 18.0. The summed E-state index contributed by atoms with van der Waals surface area (Å²) in [6, 6.07) is 11.6. The molecular formula is C21H30N6. The standard InChI is InChI=1S/C21H30N6/c1-22-21(25-17-11-12-27(15-17)18-9-5-6-10-18)24-14-20-23-13-19(26-20)16-7-3-2-4-8-16/h2-4,7-8,13,17-18H,5-6,9-12,14-15H2,1H3,(H,23,26)(H2,22,24,25). The number of guanidine groups is 1. The second kappa shape index (κ2) is 8.57. The third-order valence-corrected chi connectivity index (χ3v) is 5.76. The Labute approximate surface area is 161 Å². The Morgan fingerprint density at radius 3 is 2.81 bits per heavy atom. The SMILES string of the molecule is CN=C(NCc1ncc(-c2ccccc2)[nH]1)NC1CCN(C2CCCC2)C1. The minimum Gasteiger partial charge on any atom is -0.352 e. The van der Waals surface area contributed by atoms with Crippen LogP contribution >= 0.6 is 0 Å². The number of aromatic amines is 1. The average Bonchev–Trinajstić information content (AvgIpc) is 3.47. The number of aromatic nitrogens is 2. The molecule has 1 saturated heterocycles. The van der Waals surface area contributed by atoms with Crippen LogP contribution in [0.25, 0.3) is 11.3 Å². The van der Waals surface area contributed by atoms with Gasteiger partial charge >= 0.3 is 0 Å². The van der Waals surface area contributed by atoms with Crippen molar-refractivity contribution >= 4 is 5.96 Å². The van der Waals surface area contributed by atoms with Crippen molar-refractivity contribution in [2.45, 2.75) is 50.7 Å². The highest BCUT2D eigenvalue weighted by Crippen LogP contribution is 2.26. The molecule has 0 amide bonds. The van der Waals surface area contributed by atoms with Gasteiger partial charge < -0.3 is 15.6 Å². The van der Waals surface area contributed by atoms with Crippen molar-refractivity contribution in [1.29, 1.82) is 0 Å². The molecule has 2 heterocycles. The van der Waals surface area contributed by atoms with E-state index in [0.29, 0.717) is 12.6 Å². The van der Waals surface area contributed by atoms with Gasteiger partial charge in [-0.1, -0.05) is 43.2 Å². The predicted molar refractivity (Wildman–Crippen MR) is 110 cm³/mol. The Hall–Kier alpha value is -2.34. The molecule has 2 aliphatic rings. The second-order valence-electron chi connectivity index (χ2n) is 7.60. The van der Waals surface area contributed by atoms with Gasteiger partial charge in [0, 0.05) is 32.2 Å². The van der Waals surface area contributed by atoms with Crippen LogP contribution in [0.15, 0.2) is 41.5 Å². The molecule has 1 saturated carbocycles. The zero-order valence-electron chi connectivity index (χ0n) is 16.1. The van der Waals surface area contributed by atoms with E-state index in [2.05, 4.69) is 42.6 Å². The van der Waals surface area contributed by atoms with Crippen molar-refractivity contribution in [1.82, 2.24) is 25.5 Å². The summed E-state index contributed by atoms with van der Waals surface area (Å²) in [5.74, 6) is 1.77. The van der Waals surface area contributed by atoms with Gasteiger partial charge in [-0.15, -0.1) is 0 Å². The van der Waals surface area contributed by atoms with E-state index in [9.17, 15) is 0 Å². The van der Waals surface area contributed by atoms with Crippen molar-refractivity contribution in [3.63, 3.8) is 0 Å². The lowest BCUT2D eigenvalue weighted by Crippen LogP contribution is -2.45. The van der Waals surface area contributed by atoms with Crippen LogP contribution < -0.4 is 10.6 Å². The summed E-state index contributed by atoms with van der Waals surface area (Å²) in [6.07, 6.45) is 8.63. The summed E-state index contributed by atoms with van der Waals surface area (Å²) in [7, 11) is 1.83. The van der Waals surface area contributed by atoms with E-state index in [-0.39, 0.29) is 0 Å². The molecule has 0 spiro atoms. The topological polar surface area (TPSA) is 68.3 Å². The van der Waals surface area contributed by atoms with E-state index >= 15 is 0 Å². The van der Waals surface area contributed by atoms with Gasteiger partial charge in [0.1, 0.15) is 5.82 Å². The van der Waals surface area contributed by atoms with E-state index in [4.69, 9.17) is 0 Å². The molecule has 4 rings (SSSR count). The Kier molecular flexibility index (Phi) is 5.72. The lowest BCUT2D eigenvalue weighted by atomic mass is 10.2. The van der Waals surface area contributed by atoms with Crippen LogP contribution in [0.2, 0.25) is 0 Å². The maximum Gasteiger partial charge on any atom is 0.191 e. The Morgan fingerprint density at radius 2 is 2.04 bits per heavy atom. The van der Waals surface area contributed by atoms with Crippen LogP contribution in [0, 0.1) is 0 Å². The second-order valence-corrected chi connectivity index (χ2v) is 7.60. The molecular weight excluding hydrogens is 336 g/mol. The van der Waals surface area contributed by atoms with Gasteiger partial charge in [0.15, 0.2) is 5.96 Å². The number of rotatable bonds is 5. The van der Waals surface area contributed by atoms with E-state index in [1.165, 1.54) is 38.6 Å². The zero-order chi connectivity index (χ0) is 18.5. The normalized spacial score (nSPS) is 21.7. The van der Waals surface area contributed by atoms with Crippen LogP contribution in [0.5, 0.6) is 0 Å². The fourth-order valence-electron chi connectivity index (χ4n) is 4.28. The quantitative estimate of drug-likeness (QED) is 0.562. The zero-order valence-corrected chi connectivity index (χ0v) is 16.1. The first-order chi connectivity index (χ1) is 13.3. The minimum absolute atomic E-state index is 0.480. The number of likely N-dealkylation sites (tertiary alicyclic amines) is 1. The third kappa shape index (κ3) is 4.50. The molecule has 3 N–H and O–H groups in total. The van der Waals surface area contributed by atoms with Crippen molar-refractivity contribution in [3.05, 3.63) is 42.4 Å². The molecule has 1 aliphatic carbocycles. The number of hydrogen-bond acceptors (Lipinski definition) is 3. The van der Waals surface area contributed by atoms with Crippen LogP contribution in [-0.4, -0.2) is 53.0 Å². The third-order valence-electron chi connectivity index (χ3n) is 5.76. The van der Waals surface area contributed by atoms with Crippen LogP contribution in [-0.2, 0) is 6.54 Å². The Balaban J connectivity index is 1.27. The fraction of sp³-hybridized carbons (Fsp3) is 0.524. The highest BCUT2D eigenvalue weighted by atomic mass is 15.3. The van der Waals surface area contributed by atoms with Crippen LogP contribution in [0.3, 0.4) is 0 Å². The van der Waals surface area contributed by atoms with Gasteiger partial charge in [0.05, 0.1) is 18.4 Å². The van der Waals surface area contributed by atoms with Gasteiger partial charge in [-0.2, -0.15) is 0 Å². The van der Waals surface area contributed by atoms with Gasteiger partial charge in [-0.25, -0.2) is 4.98 Å². The molecule has 6 heteroatoms. The predicted octanol–water partition coefficient (Wildman–Crippen LogP) is 2.76. The molecule has 1 unspecified atom stereocenters. The summed E-state index contributed by atoms with van der Waals surface area (Å²) in [6.45, 7) is 2.97. The number of imidazole rings is 1. The molecule has 1 aliphatic heterocycles. The van der Waals surface area contributed by atoms with E-state index in [1.54, 1.807) is 0 Å². The molecule has 144 valence electrons. The summed E-state index contributed by atoms with van der Waals surface area (Å²) < 4.78 is 0. The summed E-state index contributed by atoms with van der Waals surface area (Å²) in [5, 5.41) is 6.97. The Bertz CT molecular complexity index is 747. The molecule has 0 bridgehead atoms. The number of nitrogens with one attached hydrogen (secondary N) is 3. The highest BCUT2D eigenvalue weighted by Gasteiger charge is 2.30. The molecule has 0 radical (unpaired) electrons. The summed E-state index contributed by atoms with van der Waals surface area (Å²) >= 11 is 0. The molecule has 6 nitrogen and oxygen atoms in total. The lowest BCUT2D eigenvalue weighted by molar-refractivity contribution is 0.242. The fourth-order valence-corrected chi connectivity index (χ4v) is 4.28. The smallest absolute Gasteiger partial charge is 0.191 e. The van der Waals surface area contributed by atoms with E-state index in [0.717, 1.165) is 35.6 Å². The molecule has 1 aromatic carbocycles. The van der Waals surface area contributed by atoms with Gasteiger partial charge in [0.25, 0.3) is 0 Å². The molecule has 1 atom stereocenters. The monoisotopic (exact) mass is 366 g/mol. The summed E-state index contributed by atoms with van der Waals surface area (Å²) in [5.41, 5.74) is 2.19. The largest absolute Gasteiger partial charge is 0.352 e. The molecule has 2 fully saturated rings. The number of aliphatic imine (C=N–C) groups is 1. The van der Waals surface area contributed by atoms with E-state index < -0.39 is 0 Å². The maximum absolute atomic E-state index is 4.49. The lowest BCUT2D eigenvalue weighted by Gasteiger charge is -2.24. The minimum atomic E-state index is 0.480. The van der Waals surface area contributed by atoms with Crippen molar-refractivity contribution in [3.8, 4) is 11.3 Å². The number of hydrogen-bond donors (Lipinski definition) is 3. The first-order valence-electron chi connectivity index (χ1n) is 10.1.